The van der Waals surface area contributed by atoms with E-state index in [1.165, 1.54) is 12.1 Å². The number of hydrogen-bond donors (Lipinski definition) is 1. The number of nitrogens with one attached hydrogen (secondary N) is 1. The molecule has 0 saturated carbocycles. The normalized spacial score (nSPS) is 12.6. The maximum absolute atomic E-state index is 13.4. The standard InChI is InChI=1S/C16H19ClFNO/c1-2-9-19-16(8-6-13-4-3-10-20-13)14-11-12(18)5-7-15(14)17/h3-5,7,10-11,16,19H,2,6,8-9H2,1H3. The van der Waals surface area contributed by atoms with Crippen molar-refractivity contribution in [3.05, 3.63) is 58.8 Å². The Balaban J connectivity index is 2.11. The summed E-state index contributed by atoms with van der Waals surface area (Å²) >= 11 is 6.20. The van der Waals surface area contributed by atoms with Gasteiger partial charge in [0.25, 0.3) is 0 Å². The lowest BCUT2D eigenvalue weighted by Crippen LogP contribution is -2.23. The summed E-state index contributed by atoms with van der Waals surface area (Å²) in [5, 5.41) is 4.02. The van der Waals surface area contributed by atoms with Crippen LogP contribution in [0.4, 0.5) is 4.39 Å². The molecule has 0 aliphatic heterocycles. The Hall–Kier alpha value is -1.32. The van der Waals surface area contributed by atoms with Crippen LogP contribution in [0.1, 0.15) is 37.1 Å². The molecule has 1 heterocycles. The van der Waals surface area contributed by atoms with Crippen LogP contribution >= 0.6 is 11.6 Å². The van der Waals surface area contributed by atoms with Crippen LogP contribution in [0.3, 0.4) is 0 Å². The fourth-order valence-electron chi connectivity index (χ4n) is 2.21. The first-order valence-corrected chi connectivity index (χ1v) is 7.29. The first-order valence-electron chi connectivity index (χ1n) is 6.91. The van der Waals surface area contributed by atoms with Crippen LogP contribution in [-0.2, 0) is 6.42 Å². The molecule has 1 aromatic carbocycles. The van der Waals surface area contributed by atoms with Gasteiger partial charge in [-0.15, -0.1) is 0 Å². The molecule has 1 unspecified atom stereocenters. The largest absolute Gasteiger partial charge is 0.469 e. The number of halogens is 2. The van der Waals surface area contributed by atoms with E-state index in [2.05, 4.69) is 12.2 Å². The van der Waals surface area contributed by atoms with Gasteiger partial charge in [0.1, 0.15) is 11.6 Å². The molecule has 0 spiro atoms. The number of hydrogen-bond acceptors (Lipinski definition) is 2. The summed E-state index contributed by atoms with van der Waals surface area (Å²) in [6, 6.07) is 8.36. The van der Waals surface area contributed by atoms with Crippen LogP contribution in [0.5, 0.6) is 0 Å². The fraction of sp³-hybridized carbons (Fsp3) is 0.375. The van der Waals surface area contributed by atoms with E-state index in [4.69, 9.17) is 16.0 Å². The van der Waals surface area contributed by atoms with Gasteiger partial charge in [-0.1, -0.05) is 18.5 Å². The number of furan rings is 1. The van der Waals surface area contributed by atoms with Gasteiger partial charge in [-0.3, -0.25) is 0 Å². The Labute approximate surface area is 123 Å². The summed E-state index contributed by atoms with van der Waals surface area (Å²) < 4.78 is 18.8. The van der Waals surface area contributed by atoms with Crippen molar-refractivity contribution >= 4 is 11.6 Å². The molecular formula is C16H19ClFNO. The van der Waals surface area contributed by atoms with Crippen molar-refractivity contribution < 1.29 is 8.81 Å². The van der Waals surface area contributed by atoms with Crippen LogP contribution in [0.25, 0.3) is 0 Å². The number of benzene rings is 1. The lowest BCUT2D eigenvalue weighted by molar-refractivity contribution is 0.451. The second-order valence-corrected chi connectivity index (χ2v) is 5.20. The third-order valence-corrected chi connectivity index (χ3v) is 3.58. The minimum absolute atomic E-state index is 0.0308. The van der Waals surface area contributed by atoms with E-state index in [0.29, 0.717) is 5.02 Å². The van der Waals surface area contributed by atoms with Gasteiger partial charge >= 0.3 is 0 Å². The quantitative estimate of drug-likeness (QED) is 0.798. The van der Waals surface area contributed by atoms with Gasteiger partial charge in [-0.05, 0) is 55.3 Å². The Morgan fingerprint density at radius 1 is 1.35 bits per heavy atom. The summed E-state index contributed by atoms with van der Waals surface area (Å²) in [5.74, 6) is 0.673. The molecule has 2 rings (SSSR count). The van der Waals surface area contributed by atoms with Gasteiger partial charge in [-0.25, -0.2) is 4.39 Å². The van der Waals surface area contributed by atoms with Gasteiger partial charge in [0.15, 0.2) is 0 Å². The van der Waals surface area contributed by atoms with E-state index in [1.54, 1.807) is 12.3 Å². The third-order valence-electron chi connectivity index (χ3n) is 3.23. The molecule has 4 heteroatoms. The highest BCUT2D eigenvalue weighted by Crippen LogP contribution is 2.27. The van der Waals surface area contributed by atoms with E-state index >= 15 is 0 Å². The van der Waals surface area contributed by atoms with Crippen molar-refractivity contribution in [2.24, 2.45) is 0 Å². The Morgan fingerprint density at radius 3 is 2.90 bits per heavy atom. The molecule has 0 saturated heterocycles. The van der Waals surface area contributed by atoms with Crippen molar-refractivity contribution in [2.75, 3.05) is 6.54 Å². The van der Waals surface area contributed by atoms with Gasteiger partial charge < -0.3 is 9.73 Å². The summed E-state index contributed by atoms with van der Waals surface area (Å²) in [5.41, 5.74) is 0.812. The highest BCUT2D eigenvalue weighted by Gasteiger charge is 2.15. The van der Waals surface area contributed by atoms with E-state index < -0.39 is 0 Å². The van der Waals surface area contributed by atoms with Crippen LogP contribution in [0.2, 0.25) is 5.02 Å². The minimum atomic E-state index is -0.259. The van der Waals surface area contributed by atoms with Gasteiger partial charge in [0, 0.05) is 17.5 Å². The van der Waals surface area contributed by atoms with E-state index in [1.807, 2.05) is 12.1 Å². The highest BCUT2D eigenvalue weighted by atomic mass is 35.5. The summed E-state index contributed by atoms with van der Waals surface area (Å²) in [4.78, 5) is 0. The van der Waals surface area contributed by atoms with Gasteiger partial charge in [-0.2, -0.15) is 0 Å². The summed E-state index contributed by atoms with van der Waals surface area (Å²) in [7, 11) is 0. The Bertz CT molecular complexity index is 527. The predicted octanol–water partition coefficient (Wildman–Crippen LogP) is 4.75. The maximum atomic E-state index is 13.4. The molecular weight excluding hydrogens is 277 g/mol. The molecule has 0 aliphatic carbocycles. The van der Waals surface area contributed by atoms with E-state index in [-0.39, 0.29) is 11.9 Å². The first-order chi connectivity index (χ1) is 9.70. The molecule has 1 aromatic heterocycles. The summed E-state index contributed by atoms with van der Waals surface area (Å²) in [6.07, 6.45) is 4.29. The highest BCUT2D eigenvalue weighted by molar-refractivity contribution is 6.31. The number of aryl methyl sites for hydroxylation is 1. The van der Waals surface area contributed by atoms with Crippen molar-refractivity contribution in [1.82, 2.24) is 5.32 Å². The smallest absolute Gasteiger partial charge is 0.123 e. The van der Waals surface area contributed by atoms with Crippen LogP contribution in [0, 0.1) is 5.82 Å². The molecule has 0 fully saturated rings. The van der Waals surface area contributed by atoms with Crippen molar-refractivity contribution in [1.29, 1.82) is 0 Å². The third kappa shape index (κ3) is 4.09. The lowest BCUT2D eigenvalue weighted by atomic mass is 10.0. The molecule has 0 amide bonds. The van der Waals surface area contributed by atoms with Crippen LogP contribution in [0.15, 0.2) is 41.0 Å². The zero-order valence-electron chi connectivity index (χ0n) is 11.5. The second kappa shape index (κ2) is 7.46. The van der Waals surface area contributed by atoms with Crippen molar-refractivity contribution in [3.8, 4) is 0 Å². The zero-order chi connectivity index (χ0) is 14.4. The molecule has 0 radical (unpaired) electrons. The topological polar surface area (TPSA) is 25.2 Å². The van der Waals surface area contributed by atoms with E-state index in [9.17, 15) is 4.39 Å². The predicted molar refractivity (Wildman–Crippen MR) is 79.5 cm³/mol. The van der Waals surface area contributed by atoms with Crippen LogP contribution < -0.4 is 5.32 Å². The lowest BCUT2D eigenvalue weighted by Gasteiger charge is -2.20. The van der Waals surface area contributed by atoms with Gasteiger partial charge in [0.2, 0.25) is 0 Å². The van der Waals surface area contributed by atoms with Crippen LogP contribution in [-0.4, -0.2) is 6.54 Å². The molecule has 108 valence electrons. The molecule has 2 nitrogen and oxygen atoms in total. The monoisotopic (exact) mass is 295 g/mol. The minimum Gasteiger partial charge on any atom is -0.469 e. The van der Waals surface area contributed by atoms with Crippen molar-refractivity contribution in [2.45, 2.75) is 32.2 Å². The zero-order valence-corrected chi connectivity index (χ0v) is 12.3. The van der Waals surface area contributed by atoms with E-state index in [0.717, 1.165) is 37.1 Å². The molecule has 1 N–H and O–H groups in total. The fourth-order valence-corrected chi connectivity index (χ4v) is 2.46. The number of rotatable bonds is 7. The SMILES string of the molecule is CCCNC(CCc1ccco1)c1cc(F)ccc1Cl. The molecule has 0 aliphatic rings. The average molecular weight is 296 g/mol. The molecule has 1 atom stereocenters. The van der Waals surface area contributed by atoms with Crippen molar-refractivity contribution in [3.63, 3.8) is 0 Å². The van der Waals surface area contributed by atoms with Gasteiger partial charge in [0.05, 0.1) is 6.26 Å². The first kappa shape index (κ1) is 15.1. The molecule has 2 aromatic rings. The molecule has 20 heavy (non-hydrogen) atoms. The maximum Gasteiger partial charge on any atom is 0.123 e. The summed E-state index contributed by atoms with van der Waals surface area (Å²) in [6.45, 7) is 2.97. The Kier molecular flexibility index (Phi) is 5.62. The second-order valence-electron chi connectivity index (χ2n) is 4.79. The average Bonchev–Trinajstić information content (AvgIpc) is 2.95. The Morgan fingerprint density at radius 2 is 2.20 bits per heavy atom. The molecule has 0 bridgehead atoms.